The lowest BCUT2D eigenvalue weighted by molar-refractivity contribution is 0.645. The maximum Gasteiger partial charge on any atom is 0.274 e. The predicted octanol–water partition coefficient (Wildman–Crippen LogP) is 2.00. The molecule has 1 unspecified atom stereocenters. The number of thiazole rings is 1. The Kier molecular flexibility index (Phi) is 3.96. The zero-order chi connectivity index (χ0) is 13.3. The molecule has 2 aromatic heterocycles. The average Bonchev–Trinajstić information content (AvgIpc) is 2.67. The molecule has 0 aliphatic rings. The van der Waals surface area contributed by atoms with Gasteiger partial charge in [0.25, 0.3) is 5.56 Å². The molecular weight excluding hydrogens is 297 g/mol. The molecule has 3 N–H and O–H groups in total. The van der Waals surface area contributed by atoms with Crippen LogP contribution in [0.3, 0.4) is 0 Å². The molecule has 0 bridgehead atoms. The highest BCUT2D eigenvalue weighted by molar-refractivity contribution is 7.19. The van der Waals surface area contributed by atoms with Gasteiger partial charge in [0.15, 0.2) is 10.3 Å². The SMILES string of the molecule is CCC(N)c1nnc(-c2nc(Cl)sc2Cl)[nH]c1=O. The minimum absolute atomic E-state index is 0.181. The number of H-pyrrole nitrogens is 1. The summed E-state index contributed by atoms with van der Waals surface area (Å²) >= 11 is 12.7. The second-order valence-electron chi connectivity index (χ2n) is 3.49. The molecule has 0 aliphatic heterocycles. The summed E-state index contributed by atoms with van der Waals surface area (Å²) in [5.74, 6) is 0.181. The minimum atomic E-state index is -0.440. The van der Waals surface area contributed by atoms with E-state index in [1.54, 1.807) is 0 Å². The summed E-state index contributed by atoms with van der Waals surface area (Å²) < 4.78 is 0.615. The molecule has 0 aromatic carbocycles. The van der Waals surface area contributed by atoms with Gasteiger partial charge in [0.2, 0.25) is 0 Å². The predicted molar refractivity (Wildman–Crippen MR) is 71.0 cm³/mol. The molecule has 2 aromatic rings. The van der Waals surface area contributed by atoms with Gasteiger partial charge in [-0.2, -0.15) is 0 Å². The van der Waals surface area contributed by atoms with Crippen LogP contribution in [0, 0.1) is 0 Å². The Balaban J connectivity index is 2.47. The molecule has 0 saturated carbocycles. The molecule has 1 atom stereocenters. The third-order valence-corrected chi connectivity index (χ3v) is 3.66. The molecule has 2 heterocycles. The summed E-state index contributed by atoms with van der Waals surface area (Å²) in [7, 11) is 0. The number of hydrogen-bond donors (Lipinski definition) is 2. The van der Waals surface area contributed by atoms with Crippen molar-refractivity contribution in [3.05, 3.63) is 24.9 Å². The van der Waals surface area contributed by atoms with Crippen LogP contribution in [0.15, 0.2) is 4.79 Å². The zero-order valence-corrected chi connectivity index (χ0v) is 11.6. The lowest BCUT2D eigenvalue weighted by atomic mass is 10.2. The van der Waals surface area contributed by atoms with Gasteiger partial charge in [-0.3, -0.25) is 4.79 Å². The fourth-order valence-electron chi connectivity index (χ4n) is 1.31. The highest BCUT2D eigenvalue weighted by atomic mass is 35.5. The molecule has 9 heteroatoms. The molecule has 0 aliphatic carbocycles. The van der Waals surface area contributed by atoms with Gasteiger partial charge in [-0.15, -0.1) is 10.2 Å². The molecule has 0 amide bonds. The number of halogens is 2. The molecule has 0 spiro atoms. The van der Waals surface area contributed by atoms with E-state index in [9.17, 15) is 4.79 Å². The first-order chi connectivity index (χ1) is 8.52. The first-order valence-corrected chi connectivity index (χ1v) is 6.64. The molecule has 0 saturated heterocycles. The van der Waals surface area contributed by atoms with Crippen molar-refractivity contribution < 1.29 is 0 Å². The standard InChI is InChI=1S/C9H9Cl2N5OS/c1-2-3(12)4-8(17)14-7(16-15-4)5-6(10)18-9(11)13-5/h3H,2,12H2,1H3,(H,14,16,17). The number of hydrogen-bond acceptors (Lipinski definition) is 6. The molecule has 0 fully saturated rings. The lowest BCUT2D eigenvalue weighted by Crippen LogP contribution is -2.25. The third kappa shape index (κ3) is 2.54. The van der Waals surface area contributed by atoms with Crippen molar-refractivity contribution in [1.29, 1.82) is 0 Å². The average molecular weight is 306 g/mol. The Bertz CT molecular complexity index is 626. The fourth-order valence-corrected chi connectivity index (χ4v) is 2.62. The van der Waals surface area contributed by atoms with E-state index in [-0.39, 0.29) is 16.0 Å². The maximum atomic E-state index is 11.8. The van der Waals surface area contributed by atoms with Gasteiger partial charge in [0.05, 0.1) is 6.04 Å². The van der Waals surface area contributed by atoms with Crippen molar-refractivity contribution in [2.75, 3.05) is 0 Å². The molecule has 18 heavy (non-hydrogen) atoms. The van der Waals surface area contributed by atoms with Crippen LogP contribution in [0.1, 0.15) is 25.1 Å². The number of aromatic amines is 1. The van der Waals surface area contributed by atoms with Gasteiger partial charge in [-0.1, -0.05) is 41.5 Å². The van der Waals surface area contributed by atoms with Crippen LogP contribution in [0.4, 0.5) is 0 Å². The first-order valence-electron chi connectivity index (χ1n) is 5.07. The van der Waals surface area contributed by atoms with E-state index in [2.05, 4.69) is 20.2 Å². The summed E-state index contributed by atoms with van der Waals surface area (Å²) in [5.41, 5.74) is 5.85. The van der Waals surface area contributed by atoms with Crippen LogP contribution >= 0.6 is 34.5 Å². The van der Waals surface area contributed by atoms with Crippen LogP contribution in [-0.2, 0) is 0 Å². The van der Waals surface area contributed by atoms with Crippen LogP contribution in [-0.4, -0.2) is 20.2 Å². The van der Waals surface area contributed by atoms with Crippen LogP contribution in [0.5, 0.6) is 0 Å². The van der Waals surface area contributed by atoms with Crippen molar-refractivity contribution >= 4 is 34.5 Å². The fraction of sp³-hybridized carbons (Fsp3) is 0.333. The Labute approximate surface area is 116 Å². The molecule has 6 nitrogen and oxygen atoms in total. The lowest BCUT2D eigenvalue weighted by Gasteiger charge is -2.05. The van der Waals surface area contributed by atoms with Gasteiger partial charge < -0.3 is 10.7 Å². The number of nitrogens with one attached hydrogen (secondary N) is 1. The number of rotatable bonds is 3. The normalized spacial score (nSPS) is 12.7. The Hall–Kier alpha value is -1.02. The Morgan fingerprint density at radius 1 is 1.44 bits per heavy atom. The van der Waals surface area contributed by atoms with Crippen molar-refractivity contribution in [2.24, 2.45) is 5.73 Å². The first kappa shape index (κ1) is 13.4. The van der Waals surface area contributed by atoms with Crippen molar-refractivity contribution in [3.63, 3.8) is 0 Å². The van der Waals surface area contributed by atoms with Gasteiger partial charge >= 0.3 is 0 Å². The van der Waals surface area contributed by atoms with Crippen molar-refractivity contribution in [3.8, 4) is 11.5 Å². The molecular formula is C9H9Cl2N5OS. The smallest absolute Gasteiger partial charge is 0.274 e. The summed E-state index contributed by atoms with van der Waals surface area (Å²) in [5, 5.41) is 7.69. The highest BCUT2D eigenvalue weighted by Gasteiger charge is 2.16. The van der Waals surface area contributed by atoms with E-state index in [4.69, 9.17) is 28.9 Å². The van der Waals surface area contributed by atoms with Crippen LogP contribution < -0.4 is 11.3 Å². The van der Waals surface area contributed by atoms with E-state index >= 15 is 0 Å². The van der Waals surface area contributed by atoms with Crippen LogP contribution in [0.25, 0.3) is 11.5 Å². The topological polar surface area (TPSA) is 97.5 Å². The summed E-state index contributed by atoms with van der Waals surface area (Å²) in [6.45, 7) is 1.86. The maximum absolute atomic E-state index is 11.8. The number of aromatic nitrogens is 4. The number of nitrogens with zero attached hydrogens (tertiary/aromatic N) is 3. The van der Waals surface area contributed by atoms with E-state index < -0.39 is 11.6 Å². The van der Waals surface area contributed by atoms with E-state index in [1.807, 2.05) is 6.92 Å². The number of nitrogens with two attached hydrogens (primary N) is 1. The third-order valence-electron chi connectivity index (χ3n) is 2.30. The zero-order valence-electron chi connectivity index (χ0n) is 9.28. The molecule has 96 valence electrons. The van der Waals surface area contributed by atoms with Crippen LogP contribution in [0.2, 0.25) is 8.80 Å². The summed E-state index contributed by atoms with van der Waals surface area (Å²) in [6.07, 6.45) is 0.598. The quantitative estimate of drug-likeness (QED) is 0.904. The van der Waals surface area contributed by atoms with Gasteiger partial charge in [-0.05, 0) is 6.42 Å². The summed E-state index contributed by atoms with van der Waals surface area (Å²) in [4.78, 5) is 18.3. The Morgan fingerprint density at radius 3 is 2.67 bits per heavy atom. The molecule has 2 rings (SSSR count). The van der Waals surface area contributed by atoms with Crippen molar-refractivity contribution in [2.45, 2.75) is 19.4 Å². The monoisotopic (exact) mass is 305 g/mol. The van der Waals surface area contributed by atoms with E-state index in [0.717, 1.165) is 11.3 Å². The highest BCUT2D eigenvalue weighted by Crippen LogP contribution is 2.32. The van der Waals surface area contributed by atoms with Gasteiger partial charge in [0, 0.05) is 0 Å². The minimum Gasteiger partial charge on any atom is -0.322 e. The van der Waals surface area contributed by atoms with Gasteiger partial charge in [0.1, 0.15) is 15.7 Å². The Morgan fingerprint density at radius 2 is 2.17 bits per heavy atom. The summed E-state index contributed by atoms with van der Waals surface area (Å²) in [6, 6.07) is -0.440. The van der Waals surface area contributed by atoms with E-state index in [0.29, 0.717) is 16.5 Å². The van der Waals surface area contributed by atoms with E-state index in [1.165, 1.54) is 0 Å². The second kappa shape index (κ2) is 5.31. The van der Waals surface area contributed by atoms with Crippen molar-refractivity contribution in [1.82, 2.24) is 20.2 Å². The largest absolute Gasteiger partial charge is 0.322 e. The van der Waals surface area contributed by atoms with Gasteiger partial charge in [-0.25, -0.2) is 4.98 Å². The second-order valence-corrected chi connectivity index (χ2v) is 5.68. The molecule has 0 radical (unpaired) electrons.